The maximum atomic E-state index is 12.0. The molecule has 6 nitrogen and oxygen atoms in total. The molecule has 1 aliphatic heterocycles. The number of nitrogens with one attached hydrogen (secondary N) is 1. The average molecular weight is 357 g/mol. The third-order valence-corrected chi connectivity index (χ3v) is 4.16. The number of aliphatic carboxylic acids is 1. The number of carboxylic acids is 1. The predicted molar refractivity (Wildman–Crippen MR) is 81.5 cm³/mol. The van der Waals surface area contributed by atoms with E-state index in [-0.39, 0.29) is 12.6 Å². The third kappa shape index (κ3) is 3.95. The number of likely N-dealkylation sites (tertiary alicyclic amines) is 1. The van der Waals surface area contributed by atoms with Crippen molar-refractivity contribution in [2.45, 2.75) is 19.4 Å². The molecule has 1 aromatic rings. The molecule has 0 aliphatic carbocycles. The molecule has 0 saturated carbocycles. The molecule has 0 unspecified atom stereocenters. The van der Waals surface area contributed by atoms with Crippen LogP contribution in [0.3, 0.4) is 0 Å². The van der Waals surface area contributed by atoms with Crippen molar-refractivity contribution in [2.75, 3.05) is 25.0 Å². The number of carbonyl (C=O) groups is 2. The highest BCUT2D eigenvalue weighted by Gasteiger charge is 2.42. The minimum absolute atomic E-state index is 0.220. The zero-order valence-corrected chi connectivity index (χ0v) is 13.4. The summed E-state index contributed by atoms with van der Waals surface area (Å²) in [4.78, 5) is 24.1. The lowest BCUT2D eigenvalue weighted by Crippen LogP contribution is -2.64. The van der Waals surface area contributed by atoms with Gasteiger partial charge in [0.15, 0.2) is 0 Å². The van der Waals surface area contributed by atoms with Gasteiger partial charge in [-0.05, 0) is 31.5 Å². The van der Waals surface area contributed by atoms with Crippen molar-refractivity contribution in [2.24, 2.45) is 0 Å². The second-order valence-corrected chi connectivity index (χ2v) is 6.24. The maximum absolute atomic E-state index is 12.0. The van der Waals surface area contributed by atoms with Gasteiger partial charge in [-0.15, -0.1) is 0 Å². The first-order valence-corrected chi connectivity index (χ1v) is 7.26. The van der Waals surface area contributed by atoms with Gasteiger partial charge in [-0.25, -0.2) is 9.59 Å². The standard InChI is InChI=1S/C14H17BrN2O4/c1-9-3-4-10(5-11(9)15)16-13(20)17-7-14(2,8-17)21-6-12(18)19/h3-5H,6-8H2,1-2H3,(H,16,20)(H,18,19). The van der Waals surface area contributed by atoms with Crippen molar-refractivity contribution in [3.8, 4) is 0 Å². The van der Waals surface area contributed by atoms with E-state index in [4.69, 9.17) is 9.84 Å². The highest BCUT2D eigenvalue weighted by atomic mass is 79.9. The van der Waals surface area contributed by atoms with Crippen molar-refractivity contribution >= 4 is 33.6 Å². The van der Waals surface area contributed by atoms with Crippen molar-refractivity contribution in [1.29, 1.82) is 0 Å². The van der Waals surface area contributed by atoms with Gasteiger partial charge in [0.05, 0.1) is 13.1 Å². The van der Waals surface area contributed by atoms with Crippen molar-refractivity contribution < 1.29 is 19.4 Å². The number of urea groups is 1. The fourth-order valence-electron chi connectivity index (χ4n) is 2.11. The van der Waals surface area contributed by atoms with Gasteiger partial charge in [0.25, 0.3) is 0 Å². The number of benzene rings is 1. The topological polar surface area (TPSA) is 78.9 Å². The van der Waals surface area contributed by atoms with Crippen LogP contribution in [0.15, 0.2) is 22.7 Å². The van der Waals surface area contributed by atoms with E-state index in [9.17, 15) is 9.59 Å². The van der Waals surface area contributed by atoms with Gasteiger partial charge in [0.2, 0.25) is 0 Å². The second-order valence-electron chi connectivity index (χ2n) is 5.38. The average Bonchev–Trinajstić information content (AvgIpc) is 2.37. The predicted octanol–water partition coefficient (Wildman–Crippen LogP) is 2.46. The van der Waals surface area contributed by atoms with Crippen LogP contribution in [0, 0.1) is 6.92 Å². The molecule has 2 amide bonds. The monoisotopic (exact) mass is 356 g/mol. The number of carboxylic acid groups (broad SMARTS) is 1. The number of ether oxygens (including phenoxy) is 1. The number of aryl methyl sites for hydroxylation is 1. The molecule has 2 N–H and O–H groups in total. The summed E-state index contributed by atoms with van der Waals surface area (Å²) in [6, 6.07) is 5.36. The van der Waals surface area contributed by atoms with E-state index in [0.29, 0.717) is 18.8 Å². The minimum Gasteiger partial charge on any atom is -0.480 e. The Bertz CT molecular complexity index is 570. The molecule has 21 heavy (non-hydrogen) atoms. The van der Waals surface area contributed by atoms with E-state index in [1.54, 1.807) is 11.8 Å². The van der Waals surface area contributed by atoms with E-state index >= 15 is 0 Å². The molecular weight excluding hydrogens is 340 g/mol. The number of carbonyl (C=O) groups excluding carboxylic acids is 1. The van der Waals surface area contributed by atoms with Crippen LogP contribution in [0.5, 0.6) is 0 Å². The summed E-state index contributed by atoms with van der Waals surface area (Å²) >= 11 is 3.42. The summed E-state index contributed by atoms with van der Waals surface area (Å²) in [7, 11) is 0. The normalized spacial score (nSPS) is 16.2. The number of amides is 2. The molecule has 1 fully saturated rings. The summed E-state index contributed by atoms with van der Waals surface area (Å²) in [6.07, 6.45) is 0. The van der Waals surface area contributed by atoms with Crippen LogP contribution >= 0.6 is 15.9 Å². The summed E-state index contributed by atoms with van der Waals surface area (Å²) in [5.41, 5.74) is 1.22. The van der Waals surface area contributed by atoms with E-state index in [1.807, 2.05) is 25.1 Å². The molecular formula is C14H17BrN2O4. The lowest BCUT2D eigenvalue weighted by atomic mass is 9.97. The Kier molecular flexibility index (Phi) is 4.53. The molecule has 1 aliphatic rings. The quantitative estimate of drug-likeness (QED) is 0.868. The van der Waals surface area contributed by atoms with Crippen LogP contribution < -0.4 is 5.32 Å². The maximum Gasteiger partial charge on any atom is 0.329 e. The molecule has 0 aromatic heterocycles. The Balaban J connectivity index is 1.86. The lowest BCUT2D eigenvalue weighted by Gasteiger charge is -2.46. The highest BCUT2D eigenvalue weighted by Crippen LogP contribution is 2.26. The number of anilines is 1. The number of hydrogen-bond acceptors (Lipinski definition) is 3. The number of nitrogens with zero attached hydrogens (tertiary/aromatic N) is 1. The van der Waals surface area contributed by atoms with Crippen LogP contribution in [-0.4, -0.2) is 47.3 Å². The summed E-state index contributed by atoms with van der Waals surface area (Å²) in [6.45, 7) is 4.16. The number of hydrogen-bond donors (Lipinski definition) is 2. The molecule has 7 heteroatoms. The molecule has 1 heterocycles. The summed E-state index contributed by atoms with van der Waals surface area (Å²) < 4.78 is 6.19. The van der Waals surface area contributed by atoms with Crippen LogP contribution in [0.2, 0.25) is 0 Å². The second kappa shape index (κ2) is 6.03. The molecule has 0 atom stereocenters. The summed E-state index contributed by atoms with van der Waals surface area (Å²) in [5, 5.41) is 11.4. The van der Waals surface area contributed by atoms with Gasteiger partial charge in [0, 0.05) is 10.2 Å². The van der Waals surface area contributed by atoms with Gasteiger partial charge in [-0.3, -0.25) is 0 Å². The Hall–Kier alpha value is -1.60. The Labute approximate surface area is 131 Å². The molecule has 1 saturated heterocycles. The fourth-order valence-corrected chi connectivity index (χ4v) is 2.48. The summed E-state index contributed by atoms with van der Waals surface area (Å²) in [5.74, 6) is -1.01. The zero-order valence-electron chi connectivity index (χ0n) is 11.9. The molecule has 0 spiro atoms. The first-order chi connectivity index (χ1) is 9.79. The largest absolute Gasteiger partial charge is 0.480 e. The molecule has 1 aromatic carbocycles. The van der Waals surface area contributed by atoms with Crippen molar-refractivity contribution in [3.63, 3.8) is 0 Å². The Morgan fingerprint density at radius 2 is 2.14 bits per heavy atom. The highest BCUT2D eigenvalue weighted by molar-refractivity contribution is 9.10. The molecule has 0 bridgehead atoms. The number of halogens is 1. The molecule has 114 valence electrons. The van der Waals surface area contributed by atoms with Crippen LogP contribution in [0.4, 0.5) is 10.5 Å². The Morgan fingerprint density at radius 1 is 1.48 bits per heavy atom. The van der Waals surface area contributed by atoms with Gasteiger partial charge in [0.1, 0.15) is 12.2 Å². The van der Waals surface area contributed by atoms with E-state index in [2.05, 4.69) is 21.2 Å². The van der Waals surface area contributed by atoms with Crippen molar-refractivity contribution in [1.82, 2.24) is 4.90 Å². The van der Waals surface area contributed by atoms with Gasteiger partial charge < -0.3 is 20.1 Å². The SMILES string of the molecule is Cc1ccc(NC(=O)N2CC(C)(OCC(=O)O)C2)cc1Br. The van der Waals surface area contributed by atoms with Gasteiger partial charge in [-0.1, -0.05) is 22.0 Å². The zero-order chi connectivity index (χ0) is 15.6. The molecule has 0 radical (unpaired) electrons. The van der Waals surface area contributed by atoms with E-state index in [1.165, 1.54) is 0 Å². The van der Waals surface area contributed by atoms with E-state index in [0.717, 1.165) is 10.0 Å². The Morgan fingerprint density at radius 3 is 2.71 bits per heavy atom. The first-order valence-electron chi connectivity index (χ1n) is 6.47. The molecule has 2 rings (SSSR count). The van der Waals surface area contributed by atoms with Crippen LogP contribution in [0.25, 0.3) is 0 Å². The minimum atomic E-state index is -1.01. The third-order valence-electron chi connectivity index (χ3n) is 3.31. The fraction of sp³-hybridized carbons (Fsp3) is 0.429. The van der Waals surface area contributed by atoms with Gasteiger partial charge >= 0.3 is 12.0 Å². The van der Waals surface area contributed by atoms with Crippen molar-refractivity contribution in [3.05, 3.63) is 28.2 Å². The van der Waals surface area contributed by atoms with Gasteiger partial charge in [-0.2, -0.15) is 0 Å². The number of rotatable bonds is 4. The van der Waals surface area contributed by atoms with E-state index < -0.39 is 11.6 Å². The smallest absolute Gasteiger partial charge is 0.329 e. The van der Waals surface area contributed by atoms with Crippen LogP contribution in [-0.2, 0) is 9.53 Å². The first kappa shape index (κ1) is 15.8. The lowest BCUT2D eigenvalue weighted by molar-refractivity contribution is -0.159. The van der Waals surface area contributed by atoms with Crippen LogP contribution in [0.1, 0.15) is 12.5 Å².